The SMILES string of the molecule is O=C(O)c1ccc(CN2C(=O)/C(=C/c3ccc(OCCc4ccccc4)cc3)SC2=Nc2ccc(F)cc2)cc1. The number of amidine groups is 1. The summed E-state index contributed by atoms with van der Waals surface area (Å²) in [5.41, 5.74) is 3.48. The van der Waals surface area contributed by atoms with Gasteiger partial charge in [-0.1, -0.05) is 54.6 Å². The Hall–Kier alpha value is -4.69. The standard InChI is InChI=1S/C32H25FN2O4S/c33-26-12-14-27(15-13-26)34-32-35(21-24-6-10-25(11-7-24)31(37)38)30(36)29(40-32)20-23-8-16-28(17-9-23)39-19-18-22-4-2-1-3-5-22/h1-17,20H,18-19,21H2,(H,37,38)/b29-20-,34-32?. The molecule has 0 spiro atoms. The molecule has 0 saturated carbocycles. The number of carboxylic acid groups (broad SMARTS) is 1. The van der Waals surface area contributed by atoms with E-state index in [-0.39, 0.29) is 23.8 Å². The number of halogens is 1. The van der Waals surface area contributed by atoms with Crippen molar-refractivity contribution < 1.29 is 23.8 Å². The number of hydrogen-bond acceptors (Lipinski definition) is 5. The summed E-state index contributed by atoms with van der Waals surface area (Å²) in [6.45, 7) is 0.766. The van der Waals surface area contributed by atoms with Gasteiger partial charge in [-0.2, -0.15) is 0 Å². The Balaban J connectivity index is 1.33. The smallest absolute Gasteiger partial charge is 0.335 e. The van der Waals surface area contributed by atoms with Crippen molar-refractivity contribution in [1.29, 1.82) is 0 Å². The molecule has 4 aromatic rings. The van der Waals surface area contributed by atoms with Crippen LogP contribution in [-0.2, 0) is 17.8 Å². The van der Waals surface area contributed by atoms with Crippen LogP contribution in [0, 0.1) is 5.82 Å². The highest BCUT2D eigenvalue weighted by atomic mass is 32.2. The topological polar surface area (TPSA) is 79.2 Å². The number of aliphatic imine (C=N–C) groups is 1. The molecular weight excluding hydrogens is 527 g/mol. The first-order chi connectivity index (χ1) is 19.4. The third-order valence-electron chi connectivity index (χ3n) is 6.16. The van der Waals surface area contributed by atoms with Crippen LogP contribution in [0.4, 0.5) is 10.1 Å². The minimum Gasteiger partial charge on any atom is -0.493 e. The number of carbonyl (C=O) groups is 2. The van der Waals surface area contributed by atoms with Crippen LogP contribution in [0.2, 0.25) is 0 Å². The minimum absolute atomic E-state index is 0.166. The van der Waals surface area contributed by atoms with E-state index in [0.717, 1.165) is 23.3 Å². The second-order valence-electron chi connectivity index (χ2n) is 9.03. The van der Waals surface area contributed by atoms with Crippen molar-refractivity contribution in [2.75, 3.05) is 6.61 Å². The van der Waals surface area contributed by atoms with Crippen molar-refractivity contribution in [3.8, 4) is 5.75 Å². The molecular formula is C32H25FN2O4S. The number of carboxylic acids is 1. The Morgan fingerprint density at radius 3 is 2.27 bits per heavy atom. The van der Waals surface area contributed by atoms with E-state index in [9.17, 15) is 19.1 Å². The van der Waals surface area contributed by atoms with E-state index in [0.29, 0.717) is 22.4 Å². The highest BCUT2D eigenvalue weighted by molar-refractivity contribution is 8.18. The van der Waals surface area contributed by atoms with Gasteiger partial charge in [0.05, 0.1) is 29.3 Å². The zero-order chi connectivity index (χ0) is 27.9. The zero-order valence-electron chi connectivity index (χ0n) is 21.4. The summed E-state index contributed by atoms with van der Waals surface area (Å²) in [5.74, 6) is -0.872. The predicted octanol–water partition coefficient (Wildman–Crippen LogP) is 6.95. The third-order valence-corrected chi connectivity index (χ3v) is 7.17. The highest BCUT2D eigenvalue weighted by Crippen LogP contribution is 2.35. The van der Waals surface area contributed by atoms with Crippen molar-refractivity contribution >= 4 is 40.6 Å². The molecule has 5 rings (SSSR count). The van der Waals surface area contributed by atoms with Gasteiger partial charge >= 0.3 is 5.97 Å². The summed E-state index contributed by atoms with van der Waals surface area (Å²) in [5, 5.41) is 9.63. The summed E-state index contributed by atoms with van der Waals surface area (Å²) in [4.78, 5) is 31.3. The van der Waals surface area contributed by atoms with Crippen molar-refractivity contribution in [1.82, 2.24) is 4.90 Å². The maximum atomic E-state index is 13.5. The molecule has 6 nitrogen and oxygen atoms in total. The van der Waals surface area contributed by atoms with E-state index in [2.05, 4.69) is 17.1 Å². The number of carbonyl (C=O) groups excluding carboxylic acids is 1. The molecule has 0 radical (unpaired) electrons. The monoisotopic (exact) mass is 552 g/mol. The van der Waals surface area contributed by atoms with Gasteiger partial charge in [-0.05, 0) is 83.1 Å². The van der Waals surface area contributed by atoms with E-state index in [4.69, 9.17) is 4.74 Å². The van der Waals surface area contributed by atoms with E-state index in [1.807, 2.05) is 42.5 Å². The average Bonchev–Trinajstić information content (AvgIpc) is 3.25. The van der Waals surface area contributed by atoms with Gasteiger partial charge in [0, 0.05) is 6.42 Å². The van der Waals surface area contributed by atoms with Crippen molar-refractivity contribution in [3.05, 3.63) is 136 Å². The number of benzene rings is 4. The third kappa shape index (κ3) is 6.84. The van der Waals surface area contributed by atoms with Gasteiger partial charge in [0.25, 0.3) is 5.91 Å². The molecule has 1 aliphatic rings. The molecule has 1 heterocycles. The Kier molecular flexibility index (Phi) is 8.37. The highest BCUT2D eigenvalue weighted by Gasteiger charge is 2.33. The van der Waals surface area contributed by atoms with E-state index in [1.54, 1.807) is 30.3 Å². The number of hydrogen-bond donors (Lipinski definition) is 1. The fourth-order valence-electron chi connectivity index (χ4n) is 4.04. The molecule has 8 heteroatoms. The zero-order valence-corrected chi connectivity index (χ0v) is 22.2. The number of nitrogens with zero attached hydrogens (tertiary/aromatic N) is 2. The van der Waals surface area contributed by atoms with E-state index in [1.165, 1.54) is 46.5 Å². The normalized spacial score (nSPS) is 15.1. The quantitative estimate of drug-likeness (QED) is 0.227. The summed E-state index contributed by atoms with van der Waals surface area (Å²) >= 11 is 1.23. The van der Waals surface area contributed by atoms with Crippen LogP contribution >= 0.6 is 11.8 Å². The van der Waals surface area contributed by atoms with Crippen molar-refractivity contribution in [2.24, 2.45) is 4.99 Å². The maximum Gasteiger partial charge on any atom is 0.335 e. The minimum atomic E-state index is -1.02. The summed E-state index contributed by atoms with van der Waals surface area (Å²) in [7, 11) is 0. The van der Waals surface area contributed by atoms with Crippen LogP contribution in [0.15, 0.2) is 113 Å². The Labute approximate surface area is 235 Å². The summed E-state index contributed by atoms with van der Waals surface area (Å²) < 4.78 is 19.3. The van der Waals surface area contributed by atoms with Crippen molar-refractivity contribution in [2.45, 2.75) is 13.0 Å². The number of ether oxygens (including phenoxy) is 1. The van der Waals surface area contributed by atoms with Gasteiger partial charge in [-0.3, -0.25) is 9.69 Å². The molecule has 0 unspecified atom stereocenters. The van der Waals surface area contributed by atoms with Gasteiger partial charge in [0.15, 0.2) is 5.17 Å². The van der Waals surface area contributed by atoms with E-state index < -0.39 is 5.97 Å². The molecule has 1 saturated heterocycles. The molecule has 1 aliphatic heterocycles. The lowest BCUT2D eigenvalue weighted by Gasteiger charge is -2.16. The molecule has 1 fully saturated rings. The van der Waals surface area contributed by atoms with Gasteiger partial charge < -0.3 is 9.84 Å². The first-order valence-electron chi connectivity index (χ1n) is 12.6. The molecule has 0 aliphatic carbocycles. The molecule has 0 atom stereocenters. The second kappa shape index (κ2) is 12.4. The Morgan fingerprint density at radius 1 is 0.900 bits per heavy atom. The van der Waals surface area contributed by atoms with Crippen LogP contribution in [-0.4, -0.2) is 33.7 Å². The van der Waals surface area contributed by atoms with E-state index >= 15 is 0 Å². The van der Waals surface area contributed by atoms with Crippen LogP contribution in [0.5, 0.6) is 5.75 Å². The lowest BCUT2D eigenvalue weighted by Crippen LogP contribution is -2.28. The van der Waals surface area contributed by atoms with Gasteiger partial charge in [0.2, 0.25) is 0 Å². The largest absolute Gasteiger partial charge is 0.493 e. The van der Waals surface area contributed by atoms with Crippen LogP contribution in [0.1, 0.15) is 27.0 Å². The molecule has 200 valence electrons. The van der Waals surface area contributed by atoms with Gasteiger partial charge in [0.1, 0.15) is 11.6 Å². The maximum absolute atomic E-state index is 13.5. The number of amides is 1. The fraction of sp³-hybridized carbons (Fsp3) is 0.0938. The second-order valence-corrected chi connectivity index (χ2v) is 10.0. The van der Waals surface area contributed by atoms with Crippen molar-refractivity contribution in [3.63, 3.8) is 0 Å². The van der Waals surface area contributed by atoms with Crippen LogP contribution in [0.3, 0.4) is 0 Å². The predicted molar refractivity (Wildman–Crippen MR) is 155 cm³/mol. The lowest BCUT2D eigenvalue weighted by atomic mass is 10.1. The number of rotatable bonds is 9. The van der Waals surface area contributed by atoms with Crippen LogP contribution in [0.25, 0.3) is 6.08 Å². The molecule has 40 heavy (non-hydrogen) atoms. The summed E-state index contributed by atoms with van der Waals surface area (Å²) in [6.07, 6.45) is 2.61. The Morgan fingerprint density at radius 2 is 1.60 bits per heavy atom. The average molecular weight is 553 g/mol. The first kappa shape index (κ1) is 26.9. The lowest BCUT2D eigenvalue weighted by molar-refractivity contribution is -0.122. The molecule has 1 N–H and O–H groups in total. The molecule has 0 aromatic heterocycles. The number of aromatic carboxylic acids is 1. The molecule has 0 bridgehead atoms. The van der Waals surface area contributed by atoms with Gasteiger partial charge in [-0.15, -0.1) is 0 Å². The summed E-state index contributed by atoms with van der Waals surface area (Å²) in [6, 6.07) is 29.7. The Bertz CT molecular complexity index is 1550. The van der Waals surface area contributed by atoms with Crippen LogP contribution < -0.4 is 4.74 Å². The van der Waals surface area contributed by atoms with Gasteiger partial charge in [-0.25, -0.2) is 14.2 Å². The molecule has 4 aromatic carbocycles. The first-order valence-corrected chi connectivity index (χ1v) is 13.4. The molecule has 1 amide bonds. The fourth-order valence-corrected chi connectivity index (χ4v) is 5.03. The number of thioether (sulfide) groups is 1.